The van der Waals surface area contributed by atoms with E-state index in [-0.39, 0.29) is 6.10 Å². The van der Waals surface area contributed by atoms with Crippen LogP contribution in [0, 0.1) is 0 Å². The Bertz CT molecular complexity index is 461. The minimum atomic E-state index is 0.242. The molecule has 0 aliphatic heterocycles. The predicted octanol–water partition coefficient (Wildman–Crippen LogP) is 2.70. The van der Waals surface area contributed by atoms with Crippen LogP contribution < -0.4 is 10.6 Å². The first-order valence-electron chi connectivity index (χ1n) is 8.45. The monoisotopic (exact) mass is 321 g/mol. The lowest BCUT2D eigenvalue weighted by molar-refractivity contribution is 0.0657. The molecule has 2 N–H and O–H groups in total. The van der Waals surface area contributed by atoms with Crippen molar-refractivity contribution in [2.75, 3.05) is 26.3 Å². The maximum atomic E-state index is 5.65. The second-order valence-electron chi connectivity index (χ2n) is 5.50. The summed E-state index contributed by atoms with van der Waals surface area (Å²) >= 11 is 0. The lowest BCUT2D eigenvalue weighted by atomic mass is 10.1. The number of benzene rings is 1. The van der Waals surface area contributed by atoms with Crippen LogP contribution in [0.25, 0.3) is 0 Å². The summed E-state index contributed by atoms with van der Waals surface area (Å²) in [5.74, 6) is 0.816. The Morgan fingerprint density at radius 3 is 2.65 bits per heavy atom. The number of ether oxygens (including phenoxy) is 2. The third-order valence-corrected chi connectivity index (χ3v) is 3.08. The average molecular weight is 321 g/mol. The molecule has 0 spiro atoms. The van der Waals surface area contributed by atoms with Crippen molar-refractivity contribution in [2.24, 2.45) is 4.99 Å². The molecular formula is C18H31N3O2. The number of guanidine groups is 1. The molecule has 0 bridgehead atoms. The van der Waals surface area contributed by atoms with Gasteiger partial charge in [0.25, 0.3) is 0 Å². The maximum absolute atomic E-state index is 5.65. The first kappa shape index (κ1) is 19.5. The lowest BCUT2D eigenvalue weighted by Crippen LogP contribution is -2.39. The molecule has 130 valence electrons. The Kier molecular flexibility index (Phi) is 10.1. The van der Waals surface area contributed by atoms with Crippen molar-refractivity contribution in [3.8, 4) is 0 Å². The van der Waals surface area contributed by atoms with Gasteiger partial charge in [0, 0.05) is 19.7 Å². The minimum absolute atomic E-state index is 0.242. The van der Waals surface area contributed by atoms with Gasteiger partial charge in [-0.1, -0.05) is 24.3 Å². The van der Waals surface area contributed by atoms with Crippen molar-refractivity contribution in [1.82, 2.24) is 10.6 Å². The Morgan fingerprint density at radius 2 is 1.96 bits per heavy atom. The van der Waals surface area contributed by atoms with Crippen LogP contribution in [0.15, 0.2) is 29.3 Å². The molecule has 0 atom stereocenters. The number of rotatable bonds is 10. The van der Waals surface area contributed by atoms with Crippen LogP contribution in [0.5, 0.6) is 0 Å². The summed E-state index contributed by atoms with van der Waals surface area (Å²) in [7, 11) is 0. The van der Waals surface area contributed by atoms with Gasteiger partial charge in [0.1, 0.15) is 0 Å². The second-order valence-corrected chi connectivity index (χ2v) is 5.50. The van der Waals surface area contributed by atoms with Gasteiger partial charge in [-0.2, -0.15) is 0 Å². The average Bonchev–Trinajstić information content (AvgIpc) is 2.55. The Balaban J connectivity index is 2.55. The highest BCUT2D eigenvalue weighted by Crippen LogP contribution is 2.09. The normalized spacial score (nSPS) is 11.8. The SMILES string of the molecule is CCNC(=NCc1cccc(COC(C)C)c1)NCCOCC. The van der Waals surface area contributed by atoms with E-state index < -0.39 is 0 Å². The fraction of sp³-hybridized carbons (Fsp3) is 0.611. The van der Waals surface area contributed by atoms with Crippen LogP contribution in [-0.2, 0) is 22.6 Å². The molecule has 1 aromatic rings. The van der Waals surface area contributed by atoms with Crippen LogP contribution in [0.3, 0.4) is 0 Å². The number of hydrogen-bond acceptors (Lipinski definition) is 3. The fourth-order valence-corrected chi connectivity index (χ4v) is 1.98. The van der Waals surface area contributed by atoms with Gasteiger partial charge in [-0.25, -0.2) is 4.99 Å². The molecule has 0 aromatic heterocycles. The molecule has 1 rings (SSSR count). The molecule has 0 heterocycles. The van der Waals surface area contributed by atoms with Crippen molar-refractivity contribution in [3.63, 3.8) is 0 Å². The lowest BCUT2D eigenvalue weighted by Gasteiger charge is -2.12. The molecule has 0 unspecified atom stereocenters. The zero-order valence-electron chi connectivity index (χ0n) is 14.9. The second kappa shape index (κ2) is 11.9. The van der Waals surface area contributed by atoms with E-state index in [1.54, 1.807) is 0 Å². The summed E-state index contributed by atoms with van der Waals surface area (Å²) in [6, 6.07) is 8.38. The van der Waals surface area contributed by atoms with Crippen molar-refractivity contribution in [1.29, 1.82) is 0 Å². The molecule has 1 aromatic carbocycles. The Hall–Kier alpha value is -1.59. The summed E-state index contributed by atoms with van der Waals surface area (Å²) < 4.78 is 11.0. The highest BCUT2D eigenvalue weighted by molar-refractivity contribution is 5.79. The zero-order valence-corrected chi connectivity index (χ0v) is 14.9. The molecule has 0 saturated carbocycles. The number of nitrogens with zero attached hydrogens (tertiary/aromatic N) is 1. The van der Waals surface area contributed by atoms with E-state index >= 15 is 0 Å². The van der Waals surface area contributed by atoms with Crippen LogP contribution in [0.1, 0.15) is 38.8 Å². The van der Waals surface area contributed by atoms with Gasteiger partial charge in [-0.15, -0.1) is 0 Å². The standard InChI is InChI=1S/C18H31N3O2/c1-5-19-18(20-10-11-22-6-2)21-13-16-8-7-9-17(12-16)14-23-15(3)4/h7-9,12,15H,5-6,10-11,13-14H2,1-4H3,(H2,19,20,21). The van der Waals surface area contributed by atoms with E-state index in [0.717, 1.165) is 25.7 Å². The van der Waals surface area contributed by atoms with Crippen molar-refractivity contribution >= 4 is 5.96 Å². The molecule has 0 radical (unpaired) electrons. The fourth-order valence-electron chi connectivity index (χ4n) is 1.98. The first-order chi connectivity index (χ1) is 11.2. The summed E-state index contributed by atoms with van der Waals surface area (Å²) in [5, 5.41) is 6.51. The van der Waals surface area contributed by atoms with Crippen LogP contribution in [0.2, 0.25) is 0 Å². The van der Waals surface area contributed by atoms with Crippen molar-refractivity contribution in [2.45, 2.75) is 47.0 Å². The van der Waals surface area contributed by atoms with E-state index in [2.05, 4.69) is 46.8 Å². The summed E-state index contributed by atoms with van der Waals surface area (Å²) in [5.41, 5.74) is 2.36. The number of aliphatic imine (C=N–C) groups is 1. The van der Waals surface area contributed by atoms with E-state index in [1.807, 2.05) is 20.8 Å². The van der Waals surface area contributed by atoms with Gasteiger partial charge in [0.15, 0.2) is 5.96 Å². The minimum Gasteiger partial charge on any atom is -0.380 e. The maximum Gasteiger partial charge on any atom is 0.191 e. The highest BCUT2D eigenvalue weighted by Gasteiger charge is 2.00. The van der Waals surface area contributed by atoms with Gasteiger partial charge >= 0.3 is 0 Å². The van der Waals surface area contributed by atoms with Crippen LogP contribution >= 0.6 is 0 Å². The molecule has 0 fully saturated rings. The van der Waals surface area contributed by atoms with Crippen LogP contribution in [0.4, 0.5) is 0 Å². The summed E-state index contributed by atoms with van der Waals surface area (Å²) in [4.78, 5) is 4.62. The smallest absolute Gasteiger partial charge is 0.191 e. The topological polar surface area (TPSA) is 54.9 Å². The number of hydrogen-bond donors (Lipinski definition) is 2. The van der Waals surface area contributed by atoms with E-state index in [4.69, 9.17) is 9.47 Å². The zero-order chi connectivity index (χ0) is 16.9. The summed E-state index contributed by atoms with van der Waals surface area (Å²) in [6.45, 7) is 12.4. The van der Waals surface area contributed by atoms with E-state index in [9.17, 15) is 0 Å². The van der Waals surface area contributed by atoms with Gasteiger partial charge in [-0.3, -0.25) is 0 Å². The third-order valence-electron chi connectivity index (χ3n) is 3.08. The van der Waals surface area contributed by atoms with Gasteiger partial charge in [0.05, 0.1) is 25.9 Å². The molecule has 5 nitrogen and oxygen atoms in total. The Labute approximate surface area is 140 Å². The van der Waals surface area contributed by atoms with E-state index in [1.165, 1.54) is 11.1 Å². The quantitative estimate of drug-likeness (QED) is 0.395. The van der Waals surface area contributed by atoms with Gasteiger partial charge in [-0.05, 0) is 38.8 Å². The first-order valence-corrected chi connectivity index (χ1v) is 8.45. The van der Waals surface area contributed by atoms with E-state index in [0.29, 0.717) is 19.8 Å². The van der Waals surface area contributed by atoms with Crippen molar-refractivity contribution < 1.29 is 9.47 Å². The third kappa shape index (κ3) is 9.21. The van der Waals surface area contributed by atoms with Gasteiger partial charge in [0.2, 0.25) is 0 Å². The molecular weight excluding hydrogens is 290 g/mol. The Morgan fingerprint density at radius 1 is 1.17 bits per heavy atom. The molecule has 0 aliphatic carbocycles. The highest BCUT2D eigenvalue weighted by atomic mass is 16.5. The van der Waals surface area contributed by atoms with Gasteiger partial charge < -0.3 is 20.1 Å². The largest absolute Gasteiger partial charge is 0.380 e. The van der Waals surface area contributed by atoms with Crippen LogP contribution in [-0.4, -0.2) is 38.4 Å². The number of nitrogens with one attached hydrogen (secondary N) is 2. The molecule has 0 aliphatic rings. The van der Waals surface area contributed by atoms with Crippen molar-refractivity contribution in [3.05, 3.63) is 35.4 Å². The molecule has 0 saturated heterocycles. The molecule has 0 amide bonds. The molecule has 23 heavy (non-hydrogen) atoms. The summed E-state index contributed by atoms with van der Waals surface area (Å²) in [6.07, 6.45) is 0.242. The molecule has 5 heteroatoms. The predicted molar refractivity (Wildman–Crippen MR) is 95.7 cm³/mol.